The lowest BCUT2D eigenvalue weighted by atomic mass is 9.87. The van der Waals surface area contributed by atoms with Gasteiger partial charge < -0.3 is 10.4 Å². The molecule has 1 unspecified atom stereocenters. The number of hydrogen-bond acceptors (Lipinski definition) is 4. The maximum atomic E-state index is 12.9. The molecule has 1 atom stereocenters. The number of rotatable bonds is 7. The first-order chi connectivity index (χ1) is 10.4. The molecule has 120 valence electrons. The maximum absolute atomic E-state index is 12.9. The fourth-order valence-electron chi connectivity index (χ4n) is 2.51. The fourth-order valence-corrected chi connectivity index (χ4v) is 3.34. The number of thiazole rings is 1. The molecule has 2 aromatic rings. The fraction of sp³-hybridized carbons (Fsp3) is 0.471. The van der Waals surface area contributed by atoms with Crippen LogP contribution in [0.4, 0.5) is 4.39 Å². The molecular weight excluding hydrogens is 299 g/mol. The lowest BCUT2D eigenvalue weighted by Crippen LogP contribution is -2.31. The Balaban J connectivity index is 1.89. The Morgan fingerprint density at radius 3 is 2.64 bits per heavy atom. The van der Waals surface area contributed by atoms with Gasteiger partial charge in [-0.2, -0.15) is 0 Å². The van der Waals surface area contributed by atoms with E-state index < -0.39 is 0 Å². The maximum Gasteiger partial charge on any atom is 0.123 e. The van der Waals surface area contributed by atoms with Crippen molar-refractivity contribution in [3.05, 3.63) is 41.2 Å². The van der Waals surface area contributed by atoms with E-state index in [4.69, 9.17) is 0 Å². The van der Waals surface area contributed by atoms with Crippen molar-refractivity contribution in [2.45, 2.75) is 39.8 Å². The van der Waals surface area contributed by atoms with Gasteiger partial charge in [-0.3, -0.25) is 0 Å². The summed E-state index contributed by atoms with van der Waals surface area (Å²) in [7, 11) is 0. The molecule has 0 fully saturated rings. The van der Waals surface area contributed by atoms with E-state index in [1.54, 1.807) is 23.5 Å². The van der Waals surface area contributed by atoms with Crippen molar-refractivity contribution in [1.29, 1.82) is 0 Å². The topological polar surface area (TPSA) is 45.1 Å². The highest BCUT2D eigenvalue weighted by Crippen LogP contribution is 2.24. The molecule has 0 saturated heterocycles. The van der Waals surface area contributed by atoms with Crippen LogP contribution in [0.25, 0.3) is 10.6 Å². The molecule has 2 rings (SSSR count). The first-order valence-electron chi connectivity index (χ1n) is 7.45. The van der Waals surface area contributed by atoms with Crippen molar-refractivity contribution in [2.75, 3.05) is 6.54 Å². The summed E-state index contributed by atoms with van der Waals surface area (Å²) in [5.74, 6) is -0.234. The normalized spacial score (nSPS) is 13.3. The Hall–Kier alpha value is -1.30. The van der Waals surface area contributed by atoms with Gasteiger partial charge >= 0.3 is 0 Å². The summed E-state index contributed by atoms with van der Waals surface area (Å²) < 4.78 is 12.9. The average Bonchev–Trinajstić information content (AvgIpc) is 2.86. The smallest absolute Gasteiger partial charge is 0.123 e. The van der Waals surface area contributed by atoms with Crippen LogP contribution in [0.15, 0.2) is 29.6 Å². The molecule has 0 aliphatic carbocycles. The third kappa shape index (κ3) is 5.16. The van der Waals surface area contributed by atoms with Gasteiger partial charge in [-0.1, -0.05) is 13.8 Å². The van der Waals surface area contributed by atoms with E-state index in [0.29, 0.717) is 6.54 Å². The number of aliphatic hydroxyl groups is 1. The minimum Gasteiger partial charge on any atom is -0.393 e. The lowest BCUT2D eigenvalue weighted by molar-refractivity contribution is 0.128. The summed E-state index contributed by atoms with van der Waals surface area (Å²) in [6.45, 7) is 7.61. The van der Waals surface area contributed by atoms with Crippen molar-refractivity contribution in [3.8, 4) is 10.6 Å². The van der Waals surface area contributed by atoms with Crippen molar-refractivity contribution in [1.82, 2.24) is 10.3 Å². The minimum atomic E-state index is -0.291. The van der Waals surface area contributed by atoms with E-state index in [1.807, 2.05) is 12.3 Å². The van der Waals surface area contributed by atoms with E-state index >= 15 is 0 Å². The standard InChI is InChI=1S/C17H23FN2OS/c1-12(21)8-17(2,3)11-19-9-15-10-22-16(20-15)13-4-6-14(18)7-5-13/h4-7,10,12,19,21H,8-9,11H2,1-3H3. The van der Waals surface area contributed by atoms with Gasteiger partial charge in [0.15, 0.2) is 0 Å². The highest BCUT2D eigenvalue weighted by Gasteiger charge is 2.19. The Morgan fingerprint density at radius 2 is 2.00 bits per heavy atom. The number of nitrogens with zero attached hydrogens (tertiary/aromatic N) is 1. The van der Waals surface area contributed by atoms with Crippen LogP contribution in [0, 0.1) is 11.2 Å². The zero-order valence-corrected chi connectivity index (χ0v) is 14.1. The van der Waals surface area contributed by atoms with Crippen molar-refractivity contribution in [2.24, 2.45) is 5.41 Å². The Labute approximate surface area is 135 Å². The van der Waals surface area contributed by atoms with Crippen molar-refractivity contribution < 1.29 is 9.50 Å². The Kier molecular flexibility index (Phi) is 5.67. The molecule has 1 heterocycles. The molecule has 1 aromatic carbocycles. The molecule has 0 saturated carbocycles. The van der Waals surface area contributed by atoms with Crippen LogP contribution >= 0.6 is 11.3 Å². The first kappa shape index (κ1) is 17.1. The molecule has 0 bridgehead atoms. The van der Waals surface area contributed by atoms with Gasteiger partial charge in [-0.15, -0.1) is 11.3 Å². The second kappa shape index (κ2) is 7.31. The second-order valence-corrected chi connectivity index (χ2v) is 7.33. The number of aliphatic hydroxyl groups excluding tert-OH is 1. The number of aromatic nitrogens is 1. The highest BCUT2D eigenvalue weighted by molar-refractivity contribution is 7.13. The third-order valence-electron chi connectivity index (χ3n) is 3.40. The summed E-state index contributed by atoms with van der Waals surface area (Å²) in [5, 5.41) is 15.8. The van der Waals surface area contributed by atoms with Crippen LogP contribution in [-0.2, 0) is 6.54 Å². The van der Waals surface area contributed by atoms with E-state index in [0.717, 1.165) is 29.2 Å². The number of nitrogens with one attached hydrogen (secondary N) is 1. The van der Waals surface area contributed by atoms with Crippen LogP contribution in [-0.4, -0.2) is 22.7 Å². The summed E-state index contributed by atoms with van der Waals surface area (Å²) in [5.41, 5.74) is 1.97. The molecule has 2 N–H and O–H groups in total. The monoisotopic (exact) mass is 322 g/mol. The van der Waals surface area contributed by atoms with Crippen molar-refractivity contribution in [3.63, 3.8) is 0 Å². The SMILES string of the molecule is CC(O)CC(C)(C)CNCc1csc(-c2ccc(F)cc2)n1. The predicted molar refractivity (Wildman–Crippen MR) is 89.3 cm³/mol. The number of halogens is 1. The van der Waals surface area contributed by atoms with Crippen LogP contribution in [0.1, 0.15) is 32.9 Å². The van der Waals surface area contributed by atoms with Gasteiger partial charge in [-0.05, 0) is 43.0 Å². The highest BCUT2D eigenvalue weighted by atomic mass is 32.1. The molecule has 22 heavy (non-hydrogen) atoms. The van der Waals surface area contributed by atoms with Crippen LogP contribution < -0.4 is 5.32 Å². The summed E-state index contributed by atoms with van der Waals surface area (Å²) >= 11 is 1.56. The van der Waals surface area contributed by atoms with E-state index in [2.05, 4.69) is 24.1 Å². The summed E-state index contributed by atoms with van der Waals surface area (Å²) in [4.78, 5) is 4.57. The third-order valence-corrected chi connectivity index (χ3v) is 4.34. The molecule has 0 aliphatic rings. The van der Waals surface area contributed by atoms with Gasteiger partial charge in [0.25, 0.3) is 0 Å². The Morgan fingerprint density at radius 1 is 1.32 bits per heavy atom. The molecule has 0 spiro atoms. The van der Waals surface area contributed by atoms with E-state index in [1.165, 1.54) is 12.1 Å². The van der Waals surface area contributed by atoms with Crippen LogP contribution in [0.2, 0.25) is 0 Å². The second-order valence-electron chi connectivity index (χ2n) is 6.47. The predicted octanol–water partition coefficient (Wildman–Crippen LogP) is 3.84. The van der Waals surface area contributed by atoms with Crippen LogP contribution in [0.5, 0.6) is 0 Å². The molecule has 3 nitrogen and oxygen atoms in total. The molecular formula is C17H23FN2OS. The van der Waals surface area contributed by atoms with Crippen molar-refractivity contribution >= 4 is 11.3 Å². The molecule has 5 heteroatoms. The van der Waals surface area contributed by atoms with E-state index in [9.17, 15) is 9.50 Å². The van der Waals surface area contributed by atoms with E-state index in [-0.39, 0.29) is 17.3 Å². The number of benzene rings is 1. The van der Waals surface area contributed by atoms with Gasteiger partial charge in [0, 0.05) is 24.0 Å². The average molecular weight is 322 g/mol. The Bertz CT molecular complexity index is 593. The summed E-state index contributed by atoms with van der Waals surface area (Å²) in [6.07, 6.45) is 0.471. The zero-order chi connectivity index (χ0) is 16.2. The molecule has 0 aliphatic heterocycles. The largest absolute Gasteiger partial charge is 0.393 e. The molecule has 1 aromatic heterocycles. The molecule has 0 amide bonds. The van der Waals surface area contributed by atoms with Gasteiger partial charge in [-0.25, -0.2) is 9.37 Å². The van der Waals surface area contributed by atoms with Crippen LogP contribution in [0.3, 0.4) is 0 Å². The molecule has 0 radical (unpaired) electrons. The number of hydrogen-bond donors (Lipinski definition) is 2. The van der Waals surface area contributed by atoms with Gasteiger partial charge in [0.1, 0.15) is 10.8 Å². The lowest BCUT2D eigenvalue weighted by Gasteiger charge is -2.26. The minimum absolute atomic E-state index is 0.0456. The van der Waals surface area contributed by atoms with Gasteiger partial charge in [0.2, 0.25) is 0 Å². The summed E-state index contributed by atoms with van der Waals surface area (Å²) in [6, 6.07) is 6.40. The zero-order valence-electron chi connectivity index (χ0n) is 13.3. The van der Waals surface area contributed by atoms with Gasteiger partial charge in [0.05, 0.1) is 11.8 Å². The first-order valence-corrected chi connectivity index (χ1v) is 8.33. The quantitative estimate of drug-likeness (QED) is 0.814.